The van der Waals surface area contributed by atoms with Crippen LogP contribution in [-0.2, 0) is 14.3 Å². The van der Waals surface area contributed by atoms with Crippen molar-refractivity contribution in [3.05, 3.63) is 0 Å². The Labute approximate surface area is 185 Å². The highest BCUT2D eigenvalue weighted by Crippen LogP contribution is 2.27. The summed E-state index contributed by atoms with van der Waals surface area (Å²) in [6.45, 7) is 10.4. The van der Waals surface area contributed by atoms with Crippen molar-refractivity contribution in [2.45, 2.75) is 78.3 Å². The molecule has 1 saturated carbocycles. The molecule has 1 saturated heterocycles. The Morgan fingerprint density at radius 1 is 1.29 bits per heavy atom. The Morgan fingerprint density at radius 3 is 2.48 bits per heavy atom. The lowest BCUT2D eigenvalue weighted by molar-refractivity contribution is -0.131. The number of rotatable bonds is 6. The third kappa shape index (κ3) is 8.02. The van der Waals surface area contributed by atoms with Crippen LogP contribution < -0.4 is 5.32 Å². The molecule has 1 aliphatic heterocycles. The maximum absolute atomic E-state index is 13.4. The van der Waals surface area contributed by atoms with Crippen molar-refractivity contribution >= 4 is 18.0 Å². The Hall–Kier alpha value is -2.34. The zero-order valence-electron chi connectivity index (χ0n) is 19.4. The molecule has 9 nitrogen and oxygen atoms in total. The first kappa shape index (κ1) is 24.9. The number of nitrogens with one attached hydrogen (secondary N) is 1. The maximum atomic E-state index is 13.4. The van der Waals surface area contributed by atoms with E-state index >= 15 is 0 Å². The van der Waals surface area contributed by atoms with Crippen LogP contribution in [0.1, 0.15) is 66.2 Å². The number of hydrogen-bond donors (Lipinski definition) is 1. The van der Waals surface area contributed by atoms with E-state index in [4.69, 9.17) is 14.5 Å². The predicted octanol–water partition coefficient (Wildman–Crippen LogP) is 2.87. The van der Waals surface area contributed by atoms with Gasteiger partial charge in [-0.05, 0) is 38.0 Å². The summed E-state index contributed by atoms with van der Waals surface area (Å²) in [5, 5.41) is 12.4. The number of aliphatic imine (C=N–C) groups is 1. The smallest absolute Gasteiger partial charge is 0.413 e. The monoisotopic (exact) mass is 435 g/mol. The van der Waals surface area contributed by atoms with Gasteiger partial charge in [0.1, 0.15) is 6.04 Å². The first-order valence-electron chi connectivity index (χ1n) is 11.3. The molecule has 1 aliphatic carbocycles. The summed E-state index contributed by atoms with van der Waals surface area (Å²) in [5.74, 6) is 0.00777. The molecule has 0 bridgehead atoms. The molecule has 2 aliphatic rings. The van der Waals surface area contributed by atoms with E-state index in [-0.39, 0.29) is 24.0 Å². The maximum Gasteiger partial charge on any atom is 0.413 e. The van der Waals surface area contributed by atoms with Gasteiger partial charge < -0.3 is 14.4 Å². The number of ether oxygens (including phenoxy) is 2. The molecule has 0 aromatic rings. The van der Waals surface area contributed by atoms with Gasteiger partial charge in [0.05, 0.1) is 19.8 Å². The minimum atomic E-state index is -0.751. The molecule has 174 valence electrons. The standard InChI is InChI=1S/C22H37N5O4/c1-5-31-21(29)25-20(26-12-14-30-15-13-26)24-18(10-11-22(2,3)4)19(28)27(16-23)17-8-6-7-9-17/h17-18H,5-15H2,1-4H3,(H,24,25,29). The van der Waals surface area contributed by atoms with Gasteiger partial charge in [0.15, 0.2) is 6.19 Å². The van der Waals surface area contributed by atoms with Gasteiger partial charge in [-0.2, -0.15) is 5.26 Å². The van der Waals surface area contributed by atoms with Crippen LogP contribution in [-0.4, -0.2) is 72.8 Å². The fourth-order valence-electron chi connectivity index (χ4n) is 3.82. The third-order valence-corrected chi connectivity index (χ3v) is 5.57. The Balaban J connectivity index is 2.31. The van der Waals surface area contributed by atoms with Crippen LogP contribution in [0.15, 0.2) is 4.99 Å². The molecular formula is C22H37N5O4. The summed E-state index contributed by atoms with van der Waals surface area (Å²) in [5.41, 5.74) is 0.00653. The Bertz CT molecular complexity index is 670. The van der Waals surface area contributed by atoms with Crippen molar-refractivity contribution in [2.24, 2.45) is 10.4 Å². The second kappa shape index (κ2) is 11.9. The molecule has 1 unspecified atom stereocenters. The molecule has 1 atom stereocenters. The van der Waals surface area contributed by atoms with Crippen LogP contribution in [0.25, 0.3) is 0 Å². The van der Waals surface area contributed by atoms with Crippen LogP contribution in [0, 0.1) is 16.9 Å². The van der Waals surface area contributed by atoms with Crippen molar-refractivity contribution in [3.63, 3.8) is 0 Å². The van der Waals surface area contributed by atoms with Gasteiger partial charge in [-0.25, -0.2) is 14.7 Å². The lowest BCUT2D eigenvalue weighted by atomic mass is 9.88. The average molecular weight is 436 g/mol. The number of nitrogens with zero attached hydrogens (tertiary/aromatic N) is 4. The summed E-state index contributed by atoms with van der Waals surface area (Å²) in [4.78, 5) is 33.5. The molecule has 2 fully saturated rings. The molecule has 2 rings (SSSR count). The Kier molecular flexibility index (Phi) is 9.56. The highest BCUT2D eigenvalue weighted by atomic mass is 16.5. The number of guanidine groups is 1. The SMILES string of the molecule is CCOC(=O)NC(=NC(CCC(C)(C)C)C(=O)N(C#N)C1CCCC1)N1CCOCC1. The lowest BCUT2D eigenvalue weighted by Gasteiger charge is -2.31. The van der Waals surface area contributed by atoms with Crippen molar-refractivity contribution in [1.82, 2.24) is 15.1 Å². The van der Waals surface area contributed by atoms with Crippen molar-refractivity contribution in [3.8, 4) is 6.19 Å². The molecule has 0 aromatic heterocycles. The number of hydrogen-bond acceptors (Lipinski definition) is 6. The molecule has 0 spiro atoms. The normalized spacial score (nSPS) is 18.9. The first-order chi connectivity index (χ1) is 14.7. The molecule has 0 aromatic carbocycles. The van der Waals surface area contributed by atoms with Gasteiger partial charge >= 0.3 is 6.09 Å². The fourth-order valence-corrected chi connectivity index (χ4v) is 3.82. The molecule has 9 heteroatoms. The number of carbonyl (C=O) groups is 2. The van der Waals surface area contributed by atoms with Gasteiger partial charge in [-0.1, -0.05) is 33.6 Å². The summed E-state index contributed by atoms with van der Waals surface area (Å²) in [6.07, 6.45) is 6.47. The molecule has 1 N–H and O–H groups in total. The number of nitriles is 1. The summed E-state index contributed by atoms with van der Waals surface area (Å²) >= 11 is 0. The lowest BCUT2D eigenvalue weighted by Crippen LogP contribution is -2.50. The minimum Gasteiger partial charge on any atom is -0.450 e. The quantitative estimate of drug-likeness (QED) is 0.297. The van der Waals surface area contributed by atoms with Crippen LogP contribution in [0.3, 0.4) is 0 Å². The van der Waals surface area contributed by atoms with E-state index < -0.39 is 12.1 Å². The molecule has 0 radical (unpaired) electrons. The topological polar surface area (TPSA) is 107 Å². The Morgan fingerprint density at radius 2 is 1.94 bits per heavy atom. The van der Waals surface area contributed by atoms with Crippen LogP contribution in [0.4, 0.5) is 4.79 Å². The number of alkyl carbamates (subject to hydrolysis) is 1. The molecule has 2 amide bonds. The highest BCUT2D eigenvalue weighted by Gasteiger charge is 2.33. The second-order valence-corrected chi connectivity index (χ2v) is 9.26. The summed E-state index contributed by atoms with van der Waals surface area (Å²) in [6, 6.07) is -0.811. The van der Waals surface area contributed by atoms with Gasteiger partial charge in [-0.15, -0.1) is 0 Å². The highest BCUT2D eigenvalue weighted by molar-refractivity contribution is 5.96. The molecule has 31 heavy (non-hydrogen) atoms. The van der Waals surface area contributed by atoms with E-state index in [0.717, 1.165) is 32.1 Å². The van der Waals surface area contributed by atoms with Crippen molar-refractivity contribution in [2.75, 3.05) is 32.9 Å². The predicted molar refractivity (Wildman–Crippen MR) is 117 cm³/mol. The molecular weight excluding hydrogens is 398 g/mol. The van der Waals surface area contributed by atoms with Crippen molar-refractivity contribution < 1.29 is 19.1 Å². The third-order valence-electron chi connectivity index (χ3n) is 5.57. The first-order valence-corrected chi connectivity index (χ1v) is 11.3. The van der Waals surface area contributed by atoms with Crippen molar-refractivity contribution in [1.29, 1.82) is 5.26 Å². The van der Waals surface area contributed by atoms with E-state index in [2.05, 4.69) is 32.3 Å². The van der Waals surface area contributed by atoms with Gasteiger partial charge in [0.2, 0.25) is 5.96 Å². The summed E-state index contributed by atoms with van der Waals surface area (Å²) < 4.78 is 10.4. The molecule has 1 heterocycles. The van der Waals surface area contributed by atoms with Crippen LogP contribution >= 0.6 is 0 Å². The summed E-state index contributed by atoms with van der Waals surface area (Å²) in [7, 11) is 0. The van der Waals surface area contributed by atoms with Crippen LogP contribution in [0.5, 0.6) is 0 Å². The zero-order valence-corrected chi connectivity index (χ0v) is 19.4. The van der Waals surface area contributed by atoms with E-state index in [9.17, 15) is 14.9 Å². The fraction of sp³-hybridized carbons (Fsp3) is 0.818. The van der Waals surface area contributed by atoms with Crippen LogP contribution in [0.2, 0.25) is 0 Å². The van der Waals surface area contributed by atoms with E-state index in [1.807, 2.05) is 4.90 Å². The average Bonchev–Trinajstić information content (AvgIpc) is 3.25. The van der Waals surface area contributed by atoms with E-state index in [1.54, 1.807) is 6.92 Å². The number of morpholine rings is 1. The van der Waals surface area contributed by atoms with E-state index in [1.165, 1.54) is 4.90 Å². The van der Waals surface area contributed by atoms with Gasteiger partial charge in [0, 0.05) is 19.1 Å². The number of amides is 2. The van der Waals surface area contributed by atoms with Gasteiger partial charge in [-0.3, -0.25) is 10.1 Å². The minimum absolute atomic E-state index is 0.00653. The largest absolute Gasteiger partial charge is 0.450 e. The number of carbonyl (C=O) groups excluding carboxylic acids is 2. The second-order valence-electron chi connectivity index (χ2n) is 9.26. The zero-order chi connectivity index (χ0) is 22.9. The van der Waals surface area contributed by atoms with E-state index in [0.29, 0.717) is 38.7 Å². The van der Waals surface area contributed by atoms with Gasteiger partial charge in [0.25, 0.3) is 5.91 Å².